The quantitative estimate of drug-likeness (QED) is 0.308. The van der Waals surface area contributed by atoms with Crippen LogP contribution < -0.4 is 0 Å². The number of phenols is 4. The highest BCUT2D eigenvalue weighted by molar-refractivity contribution is 5.31. The molecule has 0 atom stereocenters. The van der Waals surface area contributed by atoms with Gasteiger partial charge in [-0.3, -0.25) is 0 Å². The zero-order valence-electron chi connectivity index (χ0n) is 17.0. The van der Waals surface area contributed by atoms with Crippen molar-refractivity contribution < 1.29 is 20.4 Å². The first-order valence-corrected chi connectivity index (χ1v) is 9.51. The molecule has 0 unspecified atom stereocenters. The summed E-state index contributed by atoms with van der Waals surface area (Å²) in [6.07, 6.45) is 0.896. The summed E-state index contributed by atoms with van der Waals surface area (Å²) in [5.74, 6) is 1.37. The number of benzene rings is 4. The molecule has 0 aliphatic heterocycles. The largest absolute Gasteiger partial charge is 0.508 e. The van der Waals surface area contributed by atoms with E-state index in [1.54, 1.807) is 78.9 Å². The molecular weight excluding hydrogens is 376 g/mol. The molecule has 30 heavy (non-hydrogen) atoms. The predicted molar refractivity (Wildman–Crippen MR) is 122 cm³/mol. The van der Waals surface area contributed by atoms with E-state index in [4.69, 9.17) is 20.4 Å². The third kappa shape index (κ3) is 11.7. The maximum absolute atomic E-state index is 9.11. The predicted octanol–water partition coefficient (Wildman–Crippen LogP) is 6.13. The maximum Gasteiger partial charge on any atom is 0.118 e. The van der Waals surface area contributed by atoms with E-state index in [0.717, 1.165) is 12.0 Å². The van der Waals surface area contributed by atoms with Gasteiger partial charge in [0, 0.05) is 0 Å². The highest BCUT2D eigenvalue weighted by atomic mass is 16.3. The second kappa shape index (κ2) is 15.1. The molecule has 4 aromatic rings. The van der Waals surface area contributed by atoms with Gasteiger partial charge in [0.05, 0.1) is 0 Å². The molecule has 156 valence electrons. The molecule has 4 heteroatoms. The topological polar surface area (TPSA) is 80.9 Å². The Bertz CT molecular complexity index is 822. The van der Waals surface area contributed by atoms with Crippen LogP contribution in [0.2, 0.25) is 0 Å². The van der Waals surface area contributed by atoms with E-state index < -0.39 is 0 Å². The fraction of sp³-hybridized carbons (Fsp3) is 0.0769. The zero-order valence-corrected chi connectivity index (χ0v) is 17.0. The first-order valence-electron chi connectivity index (χ1n) is 9.51. The van der Waals surface area contributed by atoms with Crippen molar-refractivity contribution in [2.24, 2.45) is 0 Å². The Kier molecular flexibility index (Phi) is 12.1. The fourth-order valence-electron chi connectivity index (χ4n) is 2.09. The van der Waals surface area contributed by atoms with E-state index in [0.29, 0.717) is 23.0 Å². The lowest BCUT2D eigenvalue weighted by Gasteiger charge is -1.97. The summed E-state index contributed by atoms with van der Waals surface area (Å²) in [5, 5.41) is 35.0. The summed E-state index contributed by atoms with van der Waals surface area (Å²) in [5.41, 5.74) is 1.01. The number of rotatable bonds is 1. The van der Waals surface area contributed by atoms with E-state index in [9.17, 15) is 0 Å². The van der Waals surface area contributed by atoms with Crippen molar-refractivity contribution in [1.82, 2.24) is 0 Å². The molecule has 4 N–H and O–H groups in total. The summed E-state index contributed by atoms with van der Waals surface area (Å²) in [6, 6.07) is 33.5. The summed E-state index contributed by atoms with van der Waals surface area (Å²) >= 11 is 0. The molecule has 0 spiro atoms. The Hall–Kier alpha value is -3.92. The maximum atomic E-state index is 9.11. The van der Waals surface area contributed by atoms with E-state index in [2.05, 4.69) is 0 Å². The second-order valence-electron chi connectivity index (χ2n) is 5.99. The van der Waals surface area contributed by atoms with Crippen LogP contribution in [-0.2, 0) is 6.42 Å². The summed E-state index contributed by atoms with van der Waals surface area (Å²) < 4.78 is 0. The number of aryl methyl sites for hydroxylation is 1. The van der Waals surface area contributed by atoms with Gasteiger partial charge in [0.25, 0.3) is 0 Å². The van der Waals surface area contributed by atoms with Crippen LogP contribution >= 0.6 is 0 Å². The first kappa shape index (κ1) is 24.1. The van der Waals surface area contributed by atoms with Crippen LogP contribution in [0.4, 0.5) is 0 Å². The van der Waals surface area contributed by atoms with Crippen molar-refractivity contribution in [1.29, 1.82) is 0 Å². The number of phenolic OH excluding ortho intramolecular Hbond substituents is 4. The monoisotopic (exact) mass is 404 g/mol. The van der Waals surface area contributed by atoms with Crippen LogP contribution in [0.5, 0.6) is 23.0 Å². The highest BCUT2D eigenvalue weighted by Gasteiger charge is 1.92. The number of aromatic hydroxyl groups is 4. The Labute approximate surface area is 178 Å². The van der Waals surface area contributed by atoms with Gasteiger partial charge >= 0.3 is 0 Å². The van der Waals surface area contributed by atoms with E-state index >= 15 is 0 Å². The second-order valence-corrected chi connectivity index (χ2v) is 5.99. The van der Waals surface area contributed by atoms with Gasteiger partial charge in [-0.1, -0.05) is 79.7 Å². The molecule has 0 aliphatic rings. The van der Waals surface area contributed by atoms with Crippen LogP contribution in [0, 0.1) is 0 Å². The molecule has 0 aliphatic carbocycles. The van der Waals surface area contributed by atoms with E-state index in [1.165, 1.54) is 0 Å². The van der Waals surface area contributed by atoms with Gasteiger partial charge in [0.15, 0.2) is 0 Å². The number of hydrogen-bond acceptors (Lipinski definition) is 4. The van der Waals surface area contributed by atoms with Crippen LogP contribution in [0.25, 0.3) is 0 Å². The average molecular weight is 405 g/mol. The van der Waals surface area contributed by atoms with Gasteiger partial charge in [-0.15, -0.1) is 0 Å². The molecule has 0 heterocycles. The van der Waals surface area contributed by atoms with Gasteiger partial charge in [0.2, 0.25) is 0 Å². The summed E-state index contributed by atoms with van der Waals surface area (Å²) in [7, 11) is 0. The lowest BCUT2D eigenvalue weighted by atomic mass is 10.1. The van der Waals surface area contributed by atoms with Crippen molar-refractivity contribution >= 4 is 0 Å². The average Bonchev–Trinajstić information content (AvgIpc) is 2.77. The van der Waals surface area contributed by atoms with Gasteiger partial charge < -0.3 is 20.4 Å². The van der Waals surface area contributed by atoms with Crippen LogP contribution in [0.15, 0.2) is 115 Å². The van der Waals surface area contributed by atoms with Gasteiger partial charge in [0.1, 0.15) is 23.0 Å². The van der Waals surface area contributed by atoms with Crippen molar-refractivity contribution in [3.05, 3.63) is 121 Å². The van der Waals surface area contributed by atoms with Crippen LogP contribution in [0.3, 0.4) is 0 Å². The minimum atomic E-state index is 0.322. The van der Waals surface area contributed by atoms with E-state index in [-0.39, 0.29) is 0 Å². The zero-order chi connectivity index (χ0) is 22.0. The first-order chi connectivity index (χ1) is 14.5. The Morgan fingerprint density at radius 1 is 0.433 bits per heavy atom. The molecule has 0 amide bonds. The Morgan fingerprint density at radius 3 is 0.933 bits per heavy atom. The third-order valence-electron chi connectivity index (χ3n) is 3.64. The lowest BCUT2D eigenvalue weighted by Crippen LogP contribution is -1.77. The minimum Gasteiger partial charge on any atom is -0.508 e. The highest BCUT2D eigenvalue weighted by Crippen LogP contribution is 2.14. The van der Waals surface area contributed by atoms with Crippen molar-refractivity contribution in [2.75, 3.05) is 0 Å². The molecule has 0 saturated carbocycles. The van der Waals surface area contributed by atoms with Crippen molar-refractivity contribution in [3.63, 3.8) is 0 Å². The van der Waals surface area contributed by atoms with Crippen molar-refractivity contribution in [3.8, 4) is 23.0 Å². The normalized spacial score (nSPS) is 8.83. The van der Waals surface area contributed by atoms with Gasteiger partial charge in [-0.05, 0) is 54.4 Å². The molecule has 4 rings (SSSR count). The van der Waals surface area contributed by atoms with Gasteiger partial charge in [-0.2, -0.15) is 0 Å². The molecule has 0 bridgehead atoms. The number of para-hydroxylation sites is 4. The SMILES string of the molecule is CCc1ccccc1O.Oc1ccccc1.Oc1ccccc1.Oc1ccccc1. The molecule has 0 fully saturated rings. The Balaban J connectivity index is 0.000000201. The lowest BCUT2D eigenvalue weighted by molar-refractivity contribution is 0.469. The number of hydrogen-bond donors (Lipinski definition) is 4. The molecular formula is C26H28O4. The van der Waals surface area contributed by atoms with Crippen molar-refractivity contribution in [2.45, 2.75) is 13.3 Å². The molecule has 0 saturated heterocycles. The third-order valence-corrected chi connectivity index (χ3v) is 3.64. The fourth-order valence-corrected chi connectivity index (χ4v) is 2.09. The van der Waals surface area contributed by atoms with E-state index in [1.807, 2.05) is 43.3 Å². The standard InChI is InChI=1S/C8H10O.3C6H6O/c1-2-7-5-3-4-6-8(7)9;3*7-6-4-2-1-3-5-6/h3-6,9H,2H2,1H3;3*1-5,7H. The summed E-state index contributed by atoms with van der Waals surface area (Å²) in [6.45, 7) is 2.02. The smallest absolute Gasteiger partial charge is 0.118 e. The van der Waals surface area contributed by atoms with Crippen LogP contribution in [0.1, 0.15) is 12.5 Å². The molecule has 4 nitrogen and oxygen atoms in total. The van der Waals surface area contributed by atoms with Gasteiger partial charge in [-0.25, -0.2) is 0 Å². The minimum absolute atomic E-state index is 0.322. The Morgan fingerprint density at radius 2 is 0.733 bits per heavy atom. The molecule has 4 aromatic carbocycles. The van der Waals surface area contributed by atoms with Crippen LogP contribution in [-0.4, -0.2) is 20.4 Å². The molecule has 0 aromatic heterocycles. The summed E-state index contributed by atoms with van der Waals surface area (Å²) in [4.78, 5) is 0. The molecule has 0 radical (unpaired) electrons.